The van der Waals surface area contributed by atoms with Gasteiger partial charge in [0.2, 0.25) is 6.41 Å². The molecule has 0 spiro atoms. The van der Waals surface area contributed by atoms with E-state index < -0.39 is 0 Å². The fraction of sp³-hybridized carbons (Fsp3) is 0.294. The first-order chi connectivity index (χ1) is 11.8. The van der Waals surface area contributed by atoms with Crippen molar-refractivity contribution >= 4 is 18.1 Å². The van der Waals surface area contributed by atoms with Gasteiger partial charge in [0.1, 0.15) is 0 Å². The minimum Gasteiger partial charge on any atom is -0.352 e. The molecule has 0 bridgehead atoms. The van der Waals surface area contributed by atoms with Crippen LogP contribution in [0.5, 0.6) is 0 Å². The molecular formula is C17H19N5O2. The van der Waals surface area contributed by atoms with Crippen molar-refractivity contribution in [3.63, 3.8) is 0 Å². The largest absolute Gasteiger partial charge is 0.352 e. The predicted molar refractivity (Wildman–Crippen MR) is 89.5 cm³/mol. The van der Waals surface area contributed by atoms with Crippen LogP contribution in [-0.2, 0) is 11.3 Å². The third-order valence-corrected chi connectivity index (χ3v) is 3.97. The van der Waals surface area contributed by atoms with Crippen LogP contribution in [0, 0.1) is 0 Å². The van der Waals surface area contributed by atoms with Gasteiger partial charge >= 0.3 is 0 Å². The lowest BCUT2D eigenvalue weighted by atomic mass is 10.2. The van der Waals surface area contributed by atoms with Crippen molar-refractivity contribution in [2.75, 3.05) is 31.1 Å². The third-order valence-electron chi connectivity index (χ3n) is 3.97. The normalized spacial score (nSPS) is 14.3. The van der Waals surface area contributed by atoms with Gasteiger partial charge < -0.3 is 15.1 Å². The highest BCUT2D eigenvalue weighted by atomic mass is 16.2. The Morgan fingerprint density at radius 2 is 1.79 bits per heavy atom. The van der Waals surface area contributed by atoms with E-state index in [1.165, 1.54) is 0 Å². The summed E-state index contributed by atoms with van der Waals surface area (Å²) in [4.78, 5) is 26.6. The van der Waals surface area contributed by atoms with Gasteiger partial charge in [-0.2, -0.15) is 0 Å². The molecule has 1 aliphatic heterocycles. The monoisotopic (exact) mass is 325 g/mol. The van der Waals surface area contributed by atoms with Gasteiger partial charge in [-0.15, -0.1) is 10.2 Å². The number of hydrogen-bond donors (Lipinski definition) is 1. The molecule has 1 aliphatic rings. The van der Waals surface area contributed by atoms with Crippen molar-refractivity contribution in [3.8, 4) is 0 Å². The topological polar surface area (TPSA) is 78.4 Å². The Hall–Kier alpha value is -2.96. The average molecular weight is 325 g/mol. The minimum atomic E-state index is -0.247. The highest BCUT2D eigenvalue weighted by Gasteiger charge is 2.17. The Morgan fingerprint density at radius 1 is 1.04 bits per heavy atom. The number of aromatic nitrogens is 2. The zero-order valence-electron chi connectivity index (χ0n) is 13.3. The van der Waals surface area contributed by atoms with Gasteiger partial charge in [-0.3, -0.25) is 9.59 Å². The highest BCUT2D eigenvalue weighted by Crippen LogP contribution is 2.12. The van der Waals surface area contributed by atoms with Crippen LogP contribution in [0.15, 0.2) is 42.5 Å². The molecule has 7 nitrogen and oxygen atoms in total. The Morgan fingerprint density at radius 3 is 2.42 bits per heavy atom. The first-order valence-corrected chi connectivity index (χ1v) is 7.86. The molecule has 1 saturated heterocycles. The Labute approximate surface area is 140 Å². The number of hydrogen-bond acceptors (Lipinski definition) is 5. The van der Waals surface area contributed by atoms with Crippen LogP contribution in [0.4, 0.5) is 5.82 Å². The summed E-state index contributed by atoms with van der Waals surface area (Å²) in [7, 11) is 0. The maximum Gasteiger partial charge on any atom is 0.272 e. The van der Waals surface area contributed by atoms with Crippen LogP contribution in [0.1, 0.15) is 16.1 Å². The number of benzene rings is 1. The molecule has 0 atom stereocenters. The van der Waals surface area contributed by atoms with E-state index in [0.717, 1.165) is 17.8 Å². The van der Waals surface area contributed by atoms with Crippen molar-refractivity contribution in [1.82, 2.24) is 20.4 Å². The molecule has 2 heterocycles. The number of anilines is 1. The minimum absolute atomic E-state index is 0.247. The van der Waals surface area contributed by atoms with Crippen LogP contribution in [0.2, 0.25) is 0 Å². The lowest BCUT2D eigenvalue weighted by molar-refractivity contribution is -0.118. The molecule has 1 aromatic carbocycles. The molecule has 0 unspecified atom stereocenters. The maximum absolute atomic E-state index is 12.1. The van der Waals surface area contributed by atoms with Gasteiger partial charge in [0, 0.05) is 32.7 Å². The van der Waals surface area contributed by atoms with E-state index >= 15 is 0 Å². The van der Waals surface area contributed by atoms with Crippen LogP contribution in [0.25, 0.3) is 0 Å². The number of nitrogens with one attached hydrogen (secondary N) is 1. The maximum atomic E-state index is 12.1. The average Bonchev–Trinajstić information content (AvgIpc) is 2.67. The molecule has 2 aromatic rings. The Balaban J connectivity index is 1.56. The van der Waals surface area contributed by atoms with Crippen LogP contribution < -0.4 is 10.2 Å². The summed E-state index contributed by atoms with van der Waals surface area (Å²) in [5, 5.41) is 11.0. The first-order valence-electron chi connectivity index (χ1n) is 7.86. The van der Waals surface area contributed by atoms with Crippen LogP contribution in [0.3, 0.4) is 0 Å². The summed E-state index contributed by atoms with van der Waals surface area (Å²) in [5.41, 5.74) is 1.32. The second-order valence-electron chi connectivity index (χ2n) is 5.57. The van der Waals surface area contributed by atoms with E-state index in [4.69, 9.17) is 0 Å². The second kappa shape index (κ2) is 7.54. The summed E-state index contributed by atoms with van der Waals surface area (Å²) >= 11 is 0. The van der Waals surface area contributed by atoms with Crippen LogP contribution >= 0.6 is 0 Å². The number of nitrogens with zero attached hydrogens (tertiary/aromatic N) is 4. The Kier molecular flexibility index (Phi) is 5.00. The molecule has 2 amide bonds. The standard InChI is InChI=1S/C17H19N5O2/c23-13-21-8-10-22(11-9-21)16-7-6-15(19-20-16)17(24)18-12-14-4-2-1-3-5-14/h1-7,13H,8-12H2,(H,18,24). The number of rotatable bonds is 5. The fourth-order valence-electron chi connectivity index (χ4n) is 2.54. The quantitative estimate of drug-likeness (QED) is 0.818. The zero-order valence-corrected chi connectivity index (χ0v) is 13.3. The van der Waals surface area contributed by atoms with Gasteiger partial charge in [0.15, 0.2) is 11.5 Å². The first kappa shape index (κ1) is 15.9. The van der Waals surface area contributed by atoms with E-state index in [1.807, 2.05) is 30.3 Å². The van der Waals surface area contributed by atoms with E-state index in [2.05, 4.69) is 20.4 Å². The van der Waals surface area contributed by atoms with Gasteiger partial charge in [-0.25, -0.2) is 0 Å². The molecular weight excluding hydrogens is 306 g/mol. The van der Waals surface area contributed by atoms with Gasteiger partial charge in [-0.05, 0) is 17.7 Å². The predicted octanol–water partition coefficient (Wildman–Crippen LogP) is 0.685. The SMILES string of the molecule is O=CN1CCN(c2ccc(C(=O)NCc3ccccc3)nn2)CC1. The lowest BCUT2D eigenvalue weighted by Crippen LogP contribution is -2.46. The van der Waals surface area contributed by atoms with Crippen molar-refractivity contribution < 1.29 is 9.59 Å². The molecule has 124 valence electrons. The molecule has 1 aromatic heterocycles. The molecule has 0 radical (unpaired) electrons. The molecule has 24 heavy (non-hydrogen) atoms. The third kappa shape index (κ3) is 3.87. The molecule has 7 heteroatoms. The van der Waals surface area contributed by atoms with E-state index in [-0.39, 0.29) is 5.91 Å². The number of carbonyl (C=O) groups is 2. The number of amides is 2. The molecule has 1 fully saturated rings. The van der Waals surface area contributed by atoms with Crippen molar-refractivity contribution in [1.29, 1.82) is 0 Å². The molecule has 0 aliphatic carbocycles. The summed E-state index contributed by atoms with van der Waals surface area (Å²) < 4.78 is 0. The second-order valence-corrected chi connectivity index (χ2v) is 5.57. The summed E-state index contributed by atoms with van der Waals surface area (Å²) in [6.07, 6.45) is 0.864. The highest BCUT2D eigenvalue weighted by molar-refractivity contribution is 5.92. The fourth-order valence-corrected chi connectivity index (χ4v) is 2.54. The van der Waals surface area contributed by atoms with Gasteiger partial charge in [0.25, 0.3) is 5.91 Å². The summed E-state index contributed by atoms with van der Waals surface area (Å²) in [6.45, 7) is 3.23. The molecule has 1 N–H and O–H groups in total. The zero-order chi connectivity index (χ0) is 16.8. The van der Waals surface area contributed by atoms with E-state index in [9.17, 15) is 9.59 Å². The number of carbonyl (C=O) groups excluding carboxylic acids is 2. The van der Waals surface area contributed by atoms with Crippen LogP contribution in [-0.4, -0.2) is 53.6 Å². The lowest BCUT2D eigenvalue weighted by Gasteiger charge is -2.32. The smallest absolute Gasteiger partial charge is 0.272 e. The number of piperazine rings is 1. The molecule has 3 rings (SSSR count). The van der Waals surface area contributed by atoms with E-state index in [1.54, 1.807) is 17.0 Å². The van der Waals surface area contributed by atoms with Crippen molar-refractivity contribution in [3.05, 3.63) is 53.7 Å². The van der Waals surface area contributed by atoms with Crippen molar-refractivity contribution in [2.45, 2.75) is 6.54 Å². The van der Waals surface area contributed by atoms with Gasteiger partial charge in [-0.1, -0.05) is 30.3 Å². The van der Waals surface area contributed by atoms with Crippen molar-refractivity contribution in [2.24, 2.45) is 0 Å². The molecule has 0 saturated carbocycles. The summed E-state index contributed by atoms with van der Waals surface area (Å²) in [5.74, 6) is 0.476. The summed E-state index contributed by atoms with van der Waals surface area (Å²) in [6, 6.07) is 13.2. The van der Waals surface area contributed by atoms with Gasteiger partial charge in [0.05, 0.1) is 0 Å². The Bertz CT molecular complexity index is 682. The van der Waals surface area contributed by atoms with E-state index in [0.29, 0.717) is 38.4 Å².